The van der Waals surface area contributed by atoms with Gasteiger partial charge in [-0.05, 0) is 75.6 Å². The summed E-state index contributed by atoms with van der Waals surface area (Å²) in [5.41, 5.74) is 3.79. The van der Waals surface area contributed by atoms with Crippen molar-refractivity contribution in [3.63, 3.8) is 0 Å². The Bertz CT molecular complexity index is 987. The van der Waals surface area contributed by atoms with Gasteiger partial charge in [-0.3, -0.25) is 19.6 Å². The summed E-state index contributed by atoms with van der Waals surface area (Å²) >= 11 is 0. The highest BCUT2D eigenvalue weighted by Crippen LogP contribution is 2.42. The number of nitrogens with zero attached hydrogens (tertiary/aromatic N) is 3. The smallest absolute Gasteiger partial charge is 0.290 e. The second-order valence-electron chi connectivity index (χ2n) is 9.80. The number of aromatic amines is 1. The van der Waals surface area contributed by atoms with Crippen LogP contribution in [0.5, 0.6) is 5.75 Å². The topological polar surface area (TPSA) is 98.8 Å². The quantitative estimate of drug-likeness (QED) is 0.668. The maximum atomic E-state index is 13.5. The first-order valence-electron chi connectivity index (χ1n) is 12.2. The third kappa shape index (κ3) is 4.82. The van der Waals surface area contributed by atoms with Gasteiger partial charge in [-0.15, -0.1) is 0 Å². The molecule has 4 atom stereocenters. The van der Waals surface area contributed by atoms with Crippen molar-refractivity contribution in [2.75, 3.05) is 26.7 Å². The van der Waals surface area contributed by atoms with Gasteiger partial charge >= 0.3 is 0 Å². The summed E-state index contributed by atoms with van der Waals surface area (Å²) in [7, 11) is 1.73. The number of H-pyrrole nitrogens is 1. The fourth-order valence-corrected chi connectivity index (χ4v) is 6.42. The molecule has 0 aliphatic carbocycles. The van der Waals surface area contributed by atoms with E-state index in [2.05, 4.69) is 38.2 Å². The predicted molar refractivity (Wildman–Crippen MR) is 129 cm³/mol. The molecular formula is C26H36N4O4. The number of likely N-dealkylation sites (tertiary alicyclic amines) is 1. The number of methoxy groups -OCH3 is 1. The fourth-order valence-electron chi connectivity index (χ4n) is 6.42. The molecule has 1 aromatic carbocycles. The van der Waals surface area contributed by atoms with Crippen LogP contribution in [0.4, 0.5) is 0 Å². The number of fused-ring (bicyclic) bond motifs is 4. The predicted octanol–water partition coefficient (Wildman–Crippen LogP) is 3.29. The van der Waals surface area contributed by atoms with Crippen LogP contribution in [0.25, 0.3) is 0 Å². The van der Waals surface area contributed by atoms with Gasteiger partial charge in [0.05, 0.1) is 18.4 Å². The summed E-state index contributed by atoms with van der Waals surface area (Å²) < 4.78 is 5.47. The number of hydrogen-bond acceptors (Lipinski definition) is 5. The Labute approximate surface area is 201 Å². The summed E-state index contributed by atoms with van der Waals surface area (Å²) in [6, 6.07) is 9.58. The lowest BCUT2D eigenvalue weighted by Crippen LogP contribution is -2.64. The molecule has 2 aromatic rings. The molecule has 184 valence electrons. The van der Waals surface area contributed by atoms with Crippen molar-refractivity contribution in [1.82, 2.24) is 20.0 Å². The lowest BCUT2D eigenvalue weighted by atomic mass is 9.71. The van der Waals surface area contributed by atoms with Crippen LogP contribution in [0.1, 0.15) is 53.0 Å². The number of benzene rings is 1. The maximum Gasteiger partial charge on any atom is 0.290 e. The number of nitrogens with one attached hydrogen (secondary N) is 1. The molecule has 3 saturated heterocycles. The third-order valence-corrected chi connectivity index (χ3v) is 7.83. The number of carbonyl (C=O) groups is 2. The van der Waals surface area contributed by atoms with Gasteiger partial charge in [0.1, 0.15) is 5.75 Å². The maximum absolute atomic E-state index is 13.5. The van der Waals surface area contributed by atoms with E-state index < -0.39 is 0 Å². The SMILES string of the molecule is COc1cccc(C[C@H]2[C@H]3C[C@H](CN(C(=O)c4c(C)n[nH]c4C)C3)[C@@H]3CCCCN32)c1.O=CO. The van der Waals surface area contributed by atoms with Crippen molar-refractivity contribution < 1.29 is 19.4 Å². The number of piperidine rings is 3. The highest BCUT2D eigenvalue weighted by Gasteiger charge is 2.48. The van der Waals surface area contributed by atoms with Crippen molar-refractivity contribution in [2.24, 2.45) is 11.8 Å². The number of aromatic nitrogens is 2. The lowest BCUT2D eigenvalue weighted by molar-refractivity contribution is -0.122. The second-order valence-corrected chi connectivity index (χ2v) is 9.80. The van der Waals surface area contributed by atoms with Gasteiger partial charge in [0.2, 0.25) is 0 Å². The van der Waals surface area contributed by atoms with Crippen LogP contribution < -0.4 is 4.74 Å². The highest BCUT2D eigenvalue weighted by atomic mass is 16.5. The zero-order chi connectivity index (χ0) is 24.2. The fraction of sp³-hybridized carbons (Fsp3) is 0.577. The number of aryl methyl sites for hydroxylation is 2. The first-order valence-corrected chi connectivity index (χ1v) is 12.2. The largest absolute Gasteiger partial charge is 0.497 e. The van der Waals surface area contributed by atoms with E-state index in [4.69, 9.17) is 14.6 Å². The van der Waals surface area contributed by atoms with E-state index in [1.807, 2.05) is 19.9 Å². The molecule has 1 amide bonds. The normalized spacial score (nSPS) is 26.1. The van der Waals surface area contributed by atoms with E-state index in [1.54, 1.807) is 7.11 Å². The Morgan fingerprint density at radius 2 is 2.03 bits per heavy atom. The van der Waals surface area contributed by atoms with E-state index >= 15 is 0 Å². The average Bonchev–Trinajstić information content (AvgIpc) is 3.19. The highest BCUT2D eigenvalue weighted by molar-refractivity contribution is 5.96. The Morgan fingerprint density at radius 1 is 1.26 bits per heavy atom. The molecule has 8 nitrogen and oxygen atoms in total. The summed E-state index contributed by atoms with van der Waals surface area (Å²) in [4.78, 5) is 26.8. The Balaban J connectivity index is 0.000000868. The number of hydrogen-bond donors (Lipinski definition) is 2. The zero-order valence-corrected chi connectivity index (χ0v) is 20.4. The van der Waals surface area contributed by atoms with Crippen molar-refractivity contribution in [2.45, 2.75) is 58.0 Å². The van der Waals surface area contributed by atoms with Crippen LogP contribution in [-0.4, -0.2) is 76.3 Å². The van der Waals surface area contributed by atoms with Crippen LogP contribution in [0, 0.1) is 25.7 Å². The van der Waals surface area contributed by atoms with E-state index in [1.165, 1.54) is 37.8 Å². The van der Waals surface area contributed by atoms with Crippen LogP contribution in [0.3, 0.4) is 0 Å². The van der Waals surface area contributed by atoms with Crippen molar-refractivity contribution in [3.8, 4) is 5.75 Å². The molecule has 2 N–H and O–H groups in total. The number of rotatable bonds is 4. The number of carbonyl (C=O) groups excluding carboxylic acids is 1. The van der Waals surface area contributed by atoms with E-state index in [9.17, 15) is 4.79 Å². The van der Waals surface area contributed by atoms with Gasteiger partial charge in [-0.25, -0.2) is 0 Å². The monoisotopic (exact) mass is 468 g/mol. The molecule has 1 aromatic heterocycles. The van der Waals surface area contributed by atoms with Gasteiger partial charge in [0, 0.05) is 30.9 Å². The van der Waals surface area contributed by atoms with Gasteiger partial charge in [0.25, 0.3) is 12.4 Å². The van der Waals surface area contributed by atoms with Gasteiger partial charge in [-0.2, -0.15) is 5.10 Å². The molecule has 5 rings (SSSR count). The molecule has 4 heterocycles. The molecule has 8 heteroatoms. The number of carboxylic acid groups (broad SMARTS) is 1. The zero-order valence-electron chi connectivity index (χ0n) is 20.4. The van der Waals surface area contributed by atoms with Gasteiger partial charge < -0.3 is 14.7 Å². The summed E-state index contributed by atoms with van der Waals surface area (Å²) in [6.45, 7) is 6.55. The van der Waals surface area contributed by atoms with Crippen LogP contribution in [0.15, 0.2) is 24.3 Å². The lowest BCUT2D eigenvalue weighted by Gasteiger charge is -2.57. The van der Waals surface area contributed by atoms with Crippen molar-refractivity contribution >= 4 is 12.4 Å². The molecule has 3 aliphatic rings. The minimum atomic E-state index is -0.250. The molecule has 3 fully saturated rings. The van der Waals surface area contributed by atoms with Gasteiger partial charge in [-0.1, -0.05) is 18.6 Å². The first-order chi connectivity index (χ1) is 16.5. The Hall–Kier alpha value is -2.87. The molecule has 3 aliphatic heterocycles. The third-order valence-electron chi connectivity index (χ3n) is 7.83. The van der Waals surface area contributed by atoms with Crippen LogP contribution in [0.2, 0.25) is 0 Å². The molecule has 0 saturated carbocycles. The minimum absolute atomic E-state index is 0.155. The van der Waals surface area contributed by atoms with Crippen LogP contribution in [-0.2, 0) is 11.2 Å². The Kier molecular flexibility index (Phi) is 7.56. The molecule has 2 bridgehead atoms. The second kappa shape index (κ2) is 10.6. The molecule has 0 unspecified atom stereocenters. The van der Waals surface area contributed by atoms with Crippen molar-refractivity contribution in [3.05, 3.63) is 46.8 Å². The van der Waals surface area contributed by atoms with Crippen molar-refractivity contribution in [1.29, 1.82) is 0 Å². The summed E-state index contributed by atoms with van der Waals surface area (Å²) in [5.74, 6) is 2.17. The van der Waals surface area contributed by atoms with E-state index in [0.717, 1.165) is 42.2 Å². The van der Waals surface area contributed by atoms with E-state index in [-0.39, 0.29) is 12.4 Å². The average molecular weight is 469 g/mol. The molecular weight excluding hydrogens is 432 g/mol. The van der Waals surface area contributed by atoms with E-state index in [0.29, 0.717) is 23.9 Å². The van der Waals surface area contributed by atoms with Crippen LogP contribution >= 0.6 is 0 Å². The summed E-state index contributed by atoms with van der Waals surface area (Å²) in [6.07, 6.45) is 6.13. The summed E-state index contributed by atoms with van der Waals surface area (Å²) in [5, 5.41) is 14.1. The number of amides is 1. The van der Waals surface area contributed by atoms with Gasteiger partial charge in [0.15, 0.2) is 0 Å². The molecule has 34 heavy (non-hydrogen) atoms. The Morgan fingerprint density at radius 3 is 2.74 bits per heavy atom. The number of ether oxygens (including phenoxy) is 1. The minimum Gasteiger partial charge on any atom is -0.497 e. The molecule has 0 radical (unpaired) electrons. The first kappa shape index (κ1) is 24.3. The standard InChI is InChI=1S/C25H34N4O2.CH2O2/c1-16-24(17(2)27-26-16)25(30)28-14-19-13-20(15-28)23(29-10-5-4-9-22(19)29)12-18-7-6-8-21(11-18)31-3;2-1-3/h6-8,11,19-20,22-23H,4-5,9-10,12-15H2,1-3H3,(H,26,27);1H,(H,2,3)/t19-,20+,22+,23+;/m1./s1. The molecule has 0 spiro atoms.